The van der Waals surface area contributed by atoms with Crippen molar-refractivity contribution in [2.75, 3.05) is 6.54 Å². The fourth-order valence-corrected chi connectivity index (χ4v) is 6.61. The third-order valence-electron chi connectivity index (χ3n) is 6.46. The molecule has 0 amide bonds. The predicted octanol–water partition coefficient (Wildman–Crippen LogP) is 4.19. The van der Waals surface area contributed by atoms with E-state index < -0.39 is 0 Å². The molecule has 3 heteroatoms. The van der Waals surface area contributed by atoms with Gasteiger partial charge in [0.25, 0.3) is 0 Å². The minimum absolute atomic E-state index is 0.632. The minimum Gasteiger partial charge on any atom is -0.313 e. The highest BCUT2D eigenvalue weighted by atomic mass is 32.1. The maximum absolute atomic E-state index is 4.58. The molecule has 1 unspecified atom stereocenters. The molecule has 1 aromatic heterocycles. The van der Waals surface area contributed by atoms with Crippen molar-refractivity contribution in [3.05, 3.63) is 16.1 Å². The summed E-state index contributed by atoms with van der Waals surface area (Å²) in [6.45, 7) is 5.64. The molecule has 4 saturated carbocycles. The summed E-state index contributed by atoms with van der Waals surface area (Å²) in [5.41, 5.74) is 1.80. The van der Waals surface area contributed by atoms with Crippen molar-refractivity contribution in [1.29, 1.82) is 0 Å². The molecule has 0 saturated heterocycles. The Kier molecular flexibility index (Phi) is 3.61. The van der Waals surface area contributed by atoms with E-state index in [0.29, 0.717) is 11.5 Å². The van der Waals surface area contributed by atoms with Crippen LogP contribution in [0.1, 0.15) is 56.2 Å². The second-order valence-corrected chi connectivity index (χ2v) is 9.03. The van der Waals surface area contributed by atoms with Crippen LogP contribution < -0.4 is 5.32 Å². The summed E-state index contributed by atoms with van der Waals surface area (Å²) in [6.07, 6.45) is 10.2. The summed E-state index contributed by atoms with van der Waals surface area (Å²) in [5.74, 6) is 3.17. The Hall–Kier alpha value is -0.410. The van der Waals surface area contributed by atoms with E-state index in [9.17, 15) is 0 Å². The van der Waals surface area contributed by atoms with Crippen LogP contribution in [0.4, 0.5) is 0 Å². The average Bonchev–Trinajstić information content (AvgIpc) is 2.83. The number of hydrogen-bond acceptors (Lipinski definition) is 3. The lowest BCUT2D eigenvalue weighted by Crippen LogP contribution is -2.55. The van der Waals surface area contributed by atoms with Crippen LogP contribution in [0.15, 0.2) is 5.38 Å². The first-order valence-corrected chi connectivity index (χ1v) is 9.65. The summed E-state index contributed by atoms with van der Waals surface area (Å²) >= 11 is 1.81. The summed E-state index contributed by atoms with van der Waals surface area (Å²) in [5, 5.41) is 7.32. The predicted molar refractivity (Wildman–Crippen MR) is 88.6 cm³/mol. The highest BCUT2D eigenvalue weighted by Gasteiger charge is 2.52. The fourth-order valence-electron chi connectivity index (χ4n) is 5.84. The lowest BCUT2D eigenvalue weighted by molar-refractivity contribution is -0.0702. The zero-order chi connectivity index (χ0) is 14.4. The number of nitrogens with zero attached hydrogens (tertiary/aromatic N) is 1. The van der Waals surface area contributed by atoms with Gasteiger partial charge in [-0.15, -0.1) is 11.3 Å². The second-order valence-electron chi connectivity index (χ2n) is 8.09. The van der Waals surface area contributed by atoms with E-state index >= 15 is 0 Å². The average molecular weight is 305 g/mol. The maximum Gasteiger partial charge on any atom is 0.0940 e. The minimum atomic E-state index is 0.632. The molecule has 4 aliphatic rings. The number of hydrogen-bond donors (Lipinski definition) is 1. The lowest BCUT2D eigenvalue weighted by atomic mass is 9.48. The van der Waals surface area contributed by atoms with E-state index in [1.54, 1.807) is 19.3 Å². The van der Waals surface area contributed by atoms with Gasteiger partial charge in [0.2, 0.25) is 0 Å². The van der Waals surface area contributed by atoms with Crippen LogP contribution in [0.3, 0.4) is 0 Å². The molecule has 0 spiro atoms. The molecular weight excluding hydrogens is 276 g/mol. The van der Waals surface area contributed by atoms with E-state index in [4.69, 9.17) is 0 Å². The van der Waals surface area contributed by atoms with Gasteiger partial charge < -0.3 is 5.32 Å². The third-order valence-corrected chi connectivity index (χ3v) is 7.49. The standard InChI is InChI=1S/C18H28N2S/c1-12-11-21-17(20-12)3-4-19-13(2)18-8-14-5-15(9-18)7-16(6-14)10-18/h11,13-16,19H,3-10H2,1-2H3. The normalized spacial score (nSPS) is 38.9. The first kappa shape index (κ1) is 14.2. The first-order valence-electron chi connectivity index (χ1n) is 8.77. The van der Waals surface area contributed by atoms with E-state index in [2.05, 4.69) is 29.5 Å². The Morgan fingerprint density at radius 2 is 1.86 bits per heavy atom. The molecule has 4 aliphatic carbocycles. The van der Waals surface area contributed by atoms with Gasteiger partial charge in [0.15, 0.2) is 0 Å². The summed E-state index contributed by atoms with van der Waals surface area (Å²) in [4.78, 5) is 4.58. The van der Waals surface area contributed by atoms with Crippen molar-refractivity contribution in [2.45, 2.75) is 64.8 Å². The summed E-state index contributed by atoms with van der Waals surface area (Å²) in [7, 11) is 0. The quantitative estimate of drug-likeness (QED) is 0.882. The topological polar surface area (TPSA) is 24.9 Å². The zero-order valence-electron chi connectivity index (χ0n) is 13.4. The molecular formula is C18H28N2S. The van der Waals surface area contributed by atoms with Crippen molar-refractivity contribution in [3.8, 4) is 0 Å². The van der Waals surface area contributed by atoms with Crippen LogP contribution in [0.25, 0.3) is 0 Å². The van der Waals surface area contributed by atoms with Gasteiger partial charge in [-0.05, 0) is 75.5 Å². The van der Waals surface area contributed by atoms with Crippen molar-refractivity contribution in [1.82, 2.24) is 10.3 Å². The number of aromatic nitrogens is 1. The maximum atomic E-state index is 4.58. The largest absolute Gasteiger partial charge is 0.313 e. The zero-order valence-corrected chi connectivity index (χ0v) is 14.2. The molecule has 0 aliphatic heterocycles. The van der Waals surface area contributed by atoms with Gasteiger partial charge in [-0.1, -0.05) is 0 Å². The van der Waals surface area contributed by atoms with Crippen LogP contribution in [-0.2, 0) is 6.42 Å². The monoisotopic (exact) mass is 304 g/mol. The number of nitrogens with one attached hydrogen (secondary N) is 1. The molecule has 1 N–H and O–H groups in total. The van der Waals surface area contributed by atoms with Gasteiger partial charge in [0.1, 0.15) is 0 Å². The molecule has 1 heterocycles. The summed E-state index contributed by atoms with van der Waals surface area (Å²) < 4.78 is 0. The highest BCUT2D eigenvalue weighted by molar-refractivity contribution is 7.09. The molecule has 21 heavy (non-hydrogen) atoms. The first-order chi connectivity index (χ1) is 10.1. The van der Waals surface area contributed by atoms with Crippen LogP contribution in [-0.4, -0.2) is 17.6 Å². The van der Waals surface area contributed by atoms with Crippen molar-refractivity contribution in [2.24, 2.45) is 23.2 Å². The highest BCUT2D eigenvalue weighted by Crippen LogP contribution is 2.61. The third kappa shape index (κ3) is 2.68. The number of aryl methyl sites for hydroxylation is 1. The Morgan fingerprint density at radius 1 is 1.24 bits per heavy atom. The van der Waals surface area contributed by atoms with Gasteiger partial charge in [0.05, 0.1) is 5.01 Å². The molecule has 1 aromatic rings. The molecule has 5 rings (SSSR count). The van der Waals surface area contributed by atoms with Crippen LogP contribution >= 0.6 is 11.3 Å². The Balaban J connectivity index is 1.35. The van der Waals surface area contributed by atoms with Gasteiger partial charge in [-0.25, -0.2) is 4.98 Å². The molecule has 116 valence electrons. The second kappa shape index (κ2) is 5.34. The number of rotatable bonds is 5. The van der Waals surface area contributed by atoms with Gasteiger partial charge >= 0.3 is 0 Å². The summed E-state index contributed by atoms with van der Waals surface area (Å²) in [6, 6.07) is 0.687. The SMILES string of the molecule is Cc1csc(CCNC(C)C23CC4CC(CC(C4)C2)C3)n1. The van der Waals surface area contributed by atoms with Gasteiger partial charge in [-0.2, -0.15) is 0 Å². The van der Waals surface area contributed by atoms with Crippen LogP contribution in [0, 0.1) is 30.1 Å². The molecule has 1 atom stereocenters. The van der Waals surface area contributed by atoms with E-state index in [0.717, 1.165) is 30.7 Å². The van der Waals surface area contributed by atoms with E-state index in [1.807, 2.05) is 11.3 Å². The molecule has 2 nitrogen and oxygen atoms in total. The van der Waals surface area contributed by atoms with E-state index in [-0.39, 0.29) is 0 Å². The van der Waals surface area contributed by atoms with Gasteiger partial charge in [-0.3, -0.25) is 0 Å². The van der Waals surface area contributed by atoms with Crippen LogP contribution in [0.5, 0.6) is 0 Å². The van der Waals surface area contributed by atoms with Gasteiger partial charge in [0, 0.05) is 30.1 Å². The molecule has 4 bridgehead atoms. The van der Waals surface area contributed by atoms with Crippen molar-refractivity contribution in [3.63, 3.8) is 0 Å². The fraction of sp³-hybridized carbons (Fsp3) is 0.833. The Morgan fingerprint density at radius 3 is 2.38 bits per heavy atom. The number of thiazole rings is 1. The molecule has 0 radical (unpaired) electrons. The Bertz CT molecular complexity index is 472. The smallest absolute Gasteiger partial charge is 0.0940 e. The van der Waals surface area contributed by atoms with Crippen LogP contribution in [0.2, 0.25) is 0 Å². The van der Waals surface area contributed by atoms with Crippen molar-refractivity contribution < 1.29 is 0 Å². The Labute approximate surface area is 132 Å². The van der Waals surface area contributed by atoms with E-state index in [1.165, 1.54) is 30.0 Å². The molecule has 4 fully saturated rings. The lowest BCUT2D eigenvalue weighted by Gasteiger charge is -2.59. The van der Waals surface area contributed by atoms with Crippen molar-refractivity contribution >= 4 is 11.3 Å². The molecule has 0 aromatic carbocycles.